The van der Waals surface area contributed by atoms with Crippen molar-refractivity contribution in [1.82, 2.24) is 0 Å². The molecule has 0 fully saturated rings. The molecule has 0 aliphatic heterocycles. The fourth-order valence-electron chi connectivity index (χ4n) is 0. The van der Waals surface area contributed by atoms with E-state index in [4.69, 9.17) is 19.2 Å². The van der Waals surface area contributed by atoms with Crippen molar-refractivity contribution < 1.29 is 46.5 Å². The molecular formula is CaCdO4P+. The molecule has 7 heteroatoms. The molecule has 0 rings (SSSR count). The first kappa shape index (κ1) is 16.1. The topological polar surface area (TPSA) is 86.2 Å². The first-order valence-electron chi connectivity index (χ1n) is 0.730. The Morgan fingerprint density at radius 3 is 1.14 bits per heavy atom. The minimum absolute atomic E-state index is 0. The van der Waals surface area contributed by atoms with Gasteiger partial charge < -0.3 is 19.2 Å². The van der Waals surface area contributed by atoms with E-state index in [-0.39, 0.29) is 65.0 Å². The molecule has 0 unspecified atom stereocenters. The van der Waals surface area contributed by atoms with Gasteiger partial charge in [-0.05, 0) is 0 Å². The van der Waals surface area contributed by atoms with Gasteiger partial charge in [-0.1, -0.05) is 0 Å². The quantitative estimate of drug-likeness (QED) is 0.333. The van der Waals surface area contributed by atoms with Crippen LogP contribution >= 0.6 is 7.82 Å². The second-order valence-electron chi connectivity index (χ2n) is 0.447. The van der Waals surface area contributed by atoms with Crippen LogP contribution < -0.4 is 14.7 Å². The van der Waals surface area contributed by atoms with Crippen molar-refractivity contribution in [2.45, 2.75) is 0 Å². The first-order valence-corrected chi connectivity index (χ1v) is 2.19. The standard InChI is InChI=1S/Ca.Cd.H3O4P/c;;1-5(2,3)4/h;;(H3,1,2,3,4)/q2*+2;/p-3. The first-order chi connectivity index (χ1) is 2.00. The Morgan fingerprint density at radius 2 is 1.14 bits per heavy atom. The summed E-state index contributed by atoms with van der Waals surface area (Å²) in [5.41, 5.74) is 0. The number of hydrogen-bond acceptors (Lipinski definition) is 4. The molecule has 0 N–H and O–H groups in total. The summed E-state index contributed by atoms with van der Waals surface area (Å²) in [6, 6.07) is 0. The normalized spacial score (nSPS) is 8.43. The molecule has 0 atom stereocenters. The molecule has 0 aromatic rings. The molecule has 0 aromatic carbocycles. The third kappa shape index (κ3) is 62.5. The molecule has 0 saturated carbocycles. The van der Waals surface area contributed by atoms with Crippen LogP contribution in [0, 0.1) is 0 Å². The number of hydrogen-bond donors (Lipinski definition) is 0. The smallest absolute Gasteiger partial charge is 0.822 e. The van der Waals surface area contributed by atoms with E-state index in [1.807, 2.05) is 0 Å². The Balaban J connectivity index is -0.0000000800. The van der Waals surface area contributed by atoms with Crippen LogP contribution in [0.3, 0.4) is 0 Å². The van der Waals surface area contributed by atoms with Crippen molar-refractivity contribution in [3.63, 3.8) is 0 Å². The van der Waals surface area contributed by atoms with Crippen LogP contribution in [0.2, 0.25) is 0 Å². The summed E-state index contributed by atoms with van der Waals surface area (Å²) >= 11 is 0. The van der Waals surface area contributed by atoms with E-state index in [9.17, 15) is 0 Å². The summed E-state index contributed by atoms with van der Waals surface area (Å²) in [7, 11) is -5.39. The van der Waals surface area contributed by atoms with Crippen molar-refractivity contribution in [3.05, 3.63) is 0 Å². The fraction of sp³-hybridized carbons (Fsp3) is 0. The van der Waals surface area contributed by atoms with Gasteiger partial charge in [0.15, 0.2) is 0 Å². The van der Waals surface area contributed by atoms with Gasteiger partial charge in [0.1, 0.15) is 0 Å². The molecular weight excluding hydrogens is 247 g/mol. The Kier molecular flexibility index (Phi) is 14.8. The second-order valence-corrected chi connectivity index (χ2v) is 1.34. The zero-order chi connectivity index (χ0) is 4.50. The van der Waals surface area contributed by atoms with Crippen LogP contribution in [-0.2, 0) is 31.9 Å². The van der Waals surface area contributed by atoms with E-state index in [1.165, 1.54) is 0 Å². The van der Waals surface area contributed by atoms with E-state index >= 15 is 0 Å². The van der Waals surface area contributed by atoms with Gasteiger partial charge >= 0.3 is 65.0 Å². The van der Waals surface area contributed by atoms with Crippen LogP contribution in [0.1, 0.15) is 0 Å². The molecule has 0 aliphatic rings. The van der Waals surface area contributed by atoms with Gasteiger partial charge in [-0.2, -0.15) is 7.82 Å². The molecule has 0 aromatic heterocycles. The zero-order valence-corrected chi connectivity index (χ0v) is 10.6. The largest absolute Gasteiger partial charge is 2.00 e. The van der Waals surface area contributed by atoms with Crippen LogP contribution in [0.15, 0.2) is 0 Å². The molecule has 32 valence electrons. The third-order valence-electron chi connectivity index (χ3n) is 0. The molecule has 0 bridgehead atoms. The van der Waals surface area contributed by atoms with Gasteiger partial charge in [0.2, 0.25) is 0 Å². The van der Waals surface area contributed by atoms with Crippen LogP contribution in [0.5, 0.6) is 0 Å². The Bertz CT molecular complexity index is 57.8. The molecule has 0 radical (unpaired) electrons. The van der Waals surface area contributed by atoms with Crippen molar-refractivity contribution in [2.24, 2.45) is 0 Å². The summed E-state index contributed by atoms with van der Waals surface area (Å²) in [6.07, 6.45) is 0. The van der Waals surface area contributed by atoms with Gasteiger partial charge in [0, 0.05) is 0 Å². The summed E-state index contributed by atoms with van der Waals surface area (Å²) in [5, 5.41) is 0. The van der Waals surface area contributed by atoms with Crippen LogP contribution in [-0.4, -0.2) is 37.7 Å². The van der Waals surface area contributed by atoms with E-state index in [0.29, 0.717) is 0 Å². The average molecular weight is 247 g/mol. The fourth-order valence-corrected chi connectivity index (χ4v) is 0. The minimum atomic E-state index is -5.39. The molecule has 0 heterocycles. The SMILES string of the molecule is O=P([O-])([O-])[O-].[Ca+2].[Cd+2]. The molecule has 0 amide bonds. The van der Waals surface area contributed by atoms with Crippen molar-refractivity contribution in [3.8, 4) is 0 Å². The van der Waals surface area contributed by atoms with E-state index in [2.05, 4.69) is 0 Å². The van der Waals surface area contributed by atoms with E-state index < -0.39 is 7.82 Å². The molecule has 0 aliphatic carbocycles. The Morgan fingerprint density at radius 1 is 1.14 bits per heavy atom. The van der Waals surface area contributed by atoms with Gasteiger partial charge in [-0.15, -0.1) is 0 Å². The molecule has 0 spiro atoms. The zero-order valence-electron chi connectivity index (χ0n) is 3.49. The van der Waals surface area contributed by atoms with Gasteiger partial charge in [0.05, 0.1) is 0 Å². The summed E-state index contributed by atoms with van der Waals surface area (Å²) in [5.74, 6) is 0. The van der Waals surface area contributed by atoms with E-state index in [0.717, 1.165) is 0 Å². The molecule has 7 heavy (non-hydrogen) atoms. The minimum Gasteiger partial charge on any atom is -0.822 e. The Hall–Kier alpha value is 2.29. The molecule has 0 saturated heterocycles. The van der Waals surface area contributed by atoms with Crippen molar-refractivity contribution >= 4 is 45.6 Å². The number of rotatable bonds is 0. The van der Waals surface area contributed by atoms with Gasteiger partial charge in [-0.25, -0.2) is 0 Å². The summed E-state index contributed by atoms with van der Waals surface area (Å²) in [4.78, 5) is 25.6. The predicted molar refractivity (Wildman–Crippen MR) is 13.4 cm³/mol. The van der Waals surface area contributed by atoms with Crippen molar-refractivity contribution in [2.75, 3.05) is 0 Å². The predicted octanol–water partition coefficient (Wildman–Crippen LogP) is -3.21. The average Bonchev–Trinajstić information content (AvgIpc) is 0.722. The second kappa shape index (κ2) is 6.41. The molecule has 4 nitrogen and oxygen atoms in total. The van der Waals surface area contributed by atoms with Crippen LogP contribution in [0.4, 0.5) is 0 Å². The van der Waals surface area contributed by atoms with Crippen LogP contribution in [0.25, 0.3) is 0 Å². The van der Waals surface area contributed by atoms with Crippen molar-refractivity contribution in [1.29, 1.82) is 0 Å². The summed E-state index contributed by atoms with van der Waals surface area (Å²) < 4.78 is 8.55. The third-order valence-corrected chi connectivity index (χ3v) is 0. The number of phosphoric acid groups is 1. The summed E-state index contributed by atoms with van der Waals surface area (Å²) in [6.45, 7) is 0. The maximum absolute atomic E-state index is 8.55. The maximum atomic E-state index is 8.55. The maximum Gasteiger partial charge on any atom is 2.00 e. The van der Waals surface area contributed by atoms with Gasteiger partial charge in [0.25, 0.3) is 0 Å². The van der Waals surface area contributed by atoms with Gasteiger partial charge in [-0.3, -0.25) is 0 Å². The van der Waals surface area contributed by atoms with E-state index in [1.54, 1.807) is 0 Å². The monoisotopic (exact) mass is 249 g/mol. The Labute approximate surface area is 90.7 Å².